The Hall–Kier alpha value is -2.59. The lowest BCUT2D eigenvalue weighted by Crippen LogP contribution is -2.02. The van der Waals surface area contributed by atoms with Crippen molar-refractivity contribution in [2.75, 3.05) is 7.11 Å². The zero-order valence-electron chi connectivity index (χ0n) is 14.9. The number of nitrogens with zero attached hydrogens (tertiary/aromatic N) is 1. The van der Waals surface area contributed by atoms with Crippen molar-refractivity contribution in [1.29, 1.82) is 0 Å². The number of pyridine rings is 1. The number of hydrogen-bond donors (Lipinski definition) is 1. The van der Waals surface area contributed by atoms with E-state index in [0.29, 0.717) is 33.3 Å². The second-order valence-corrected chi connectivity index (χ2v) is 6.70. The molecule has 1 atom stereocenters. The molecular formula is C21H20ClNO3. The van der Waals surface area contributed by atoms with Gasteiger partial charge in [0.25, 0.3) is 0 Å². The number of rotatable bonds is 5. The molecule has 0 bridgehead atoms. The quantitative estimate of drug-likeness (QED) is 0.619. The van der Waals surface area contributed by atoms with E-state index in [1.165, 1.54) is 0 Å². The molecule has 3 rings (SSSR count). The highest BCUT2D eigenvalue weighted by Gasteiger charge is 2.15. The summed E-state index contributed by atoms with van der Waals surface area (Å²) in [4.78, 5) is 16.5. The largest absolute Gasteiger partial charge is 0.495 e. The van der Waals surface area contributed by atoms with Crippen LogP contribution in [0.2, 0.25) is 5.02 Å². The number of ether oxygens (including phenoxy) is 1. The predicted molar refractivity (Wildman–Crippen MR) is 104 cm³/mol. The van der Waals surface area contributed by atoms with E-state index >= 15 is 0 Å². The van der Waals surface area contributed by atoms with E-state index in [1.54, 1.807) is 25.3 Å². The second-order valence-electron chi connectivity index (χ2n) is 6.30. The highest BCUT2D eigenvalue weighted by atomic mass is 35.5. The van der Waals surface area contributed by atoms with E-state index in [2.05, 4.69) is 18.8 Å². The molecule has 2 aromatic carbocycles. The van der Waals surface area contributed by atoms with Gasteiger partial charge in [-0.15, -0.1) is 0 Å². The monoisotopic (exact) mass is 369 g/mol. The lowest BCUT2D eigenvalue weighted by atomic mass is 9.95. The number of aromatic carboxylic acids is 1. The van der Waals surface area contributed by atoms with Gasteiger partial charge >= 0.3 is 5.97 Å². The zero-order valence-corrected chi connectivity index (χ0v) is 15.7. The normalized spacial score (nSPS) is 12.2. The van der Waals surface area contributed by atoms with Gasteiger partial charge in [-0.3, -0.25) is 0 Å². The molecule has 3 aromatic rings. The summed E-state index contributed by atoms with van der Waals surface area (Å²) in [5.41, 5.74) is 3.31. The molecular weight excluding hydrogens is 350 g/mol. The molecule has 1 N–H and O–H groups in total. The average molecular weight is 370 g/mol. The van der Waals surface area contributed by atoms with Crippen LogP contribution in [-0.2, 0) is 0 Å². The third kappa shape index (κ3) is 3.37. The first-order valence-electron chi connectivity index (χ1n) is 8.46. The molecule has 0 aliphatic carbocycles. The van der Waals surface area contributed by atoms with E-state index in [1.807, 2.05) is 24.3 Å². The lowest BCUT2D eigenvalue weighted by molar-refractivity contribution is 0.0699. The number of fused-ring (bicyclic) bond motifs is 1. The maximum absolute atomic E-state index is 11.8. The van der Waals surface area contributed by atoms with Crippen molar-refractivity contribution >= 4 is 28.5 Å². The molecule has 0 spiro atoms. The fourth-order valence-electron chi connectivity index (χ4n) is 2.94. The number of benzene rings is 2. The molecule has 1 unspecified atom stereocenters. The summed E-state index contributed by atoms with van der Waals surface area (Å²) in [5.74, 6) is -0.0477. The summed E-state index contributed by atoms with van der Waals surface area (Å²) in [6.45, 7) is 4.24. The van der Waals surface area contributed by atoms with Gasteiger partial charge in [0.15, 0.2) is 0 Å². The Kier molecular flexibility index (Phi) is 5.14. The van der Waals surface area contributed by atoms with Gasteiger partial charge < -0.3 is 9.84 Å². The van der Waals surface area contributed by atoms with E-state index in [4.69, 9.17) is 16.3 Å². The minimum atomic E-state index is -0.973. The maximum atomic E-state index is 11.8. The van der Waals surface area contributed by atoms with Crippen molar-refractivity contribution < 1.29 is 14.6 Å². The maximum Gasteiger partial charge on any atom is 0.336 e. The van der Waals surface area contributed by atoms with Crippen LogP contribution in [0.25, 0.3) is 22.2 Å². The first-order valence-corrected chi connectivity index (χ1v) is 8.84. The van der Waals surface area contributed by atoms with Crippen LogP contribution in [0.4, 0.5) is 0 Å². The van der Waals surface area contributed by atoms with Crippen LogP contribution < -0.4 is 4.74 Å². The van der Waals surface area contributed by atoms with Gasteiger partial charge in [0.05, 0.1) is 28.9 Å². The van der Waals surface area contributed by atoms with Crippen LogP contribution in [0.1, 0.15) is 42.1 Å². The number of carbonyl (C=O) groups is 1. The van der Waals surface area contributed by atoms with Gasteiger partial charge in [0.2, 0.25) is 0 Å². The highest BCUT2D eigenvalue weighted by molar-refractivity contribution is 6.32. The molecule has 0 fully saturated rings. The number of aromatic nitrogens is 1. The molecule has 134 valence electrons. The van der Waals surface area contributed by atoms with Crippen molar-refractivity contribution in [3.8, 4) is 17.0 Å². The number of carboxylic acids is 1. The van der Waals surface area contributed by atoms with Gasteiger partial charge in [-0.25, -0.2) is 9.78 Å². The molecule has 1 heterocycles. The predicted octanol–water partition coefficient (Wildman–Crippen LogP) is 5.78. The summed E-state index contributed by atoms with van der Waals surface area (Å²) < 4.78 is 5.17. The van der Waals surface area contributed by atoms with Crippen LogP contribution in [-0.4, -0.2) is 23.2 Å². The summed E-state index contributed by atoms with van der Waals surface area (Å²) >= 11 is 6.20. The first-order chi connectivity index (χ1) is 12.4. The Morgan fingerprint density at radius 3 is 2.62 bits per heavy atom. The molecule has 4 nitrogen and oxygen atoms in total. The molecule has 0 aliphatic heterocycles. The smallest absolute Gasteiger partial charge is 0.336 e. The summed E-state index contributed by atoms with van der Waals surface area (Å²) in [6, 6.07) is 12.7. The third-order valence-corrected chi connectivity index (χ3v) is 4.99. The molecule has 5 heteroatoms. The minimum absolute atomic E-state index is 0.238. The molecule has 26 heavy (non-hydrogen) atoms. The van der Waals surface area contributed by atoms with E-state index in [0.717, 1.165) is 17.5 Å². The molecule has 0 radical (unpaired) electrons. The molecule has 0 aliphatic rings. The van der Waals surface area contributed by atoms with E-state index in [-0.39, 0.29) is 5.56 Å². The van der Waals surface area contributed by atoms with Gasteiger partial charge in [0, 0.05) is 10.9 Å². The Labute approximate surface area is 157 Å². The van der Waals surface area contributed by atoms with Gasteiger partial charge in [-0.2, -0.15) is 0 Å². The van der Waals surface area contributed by atoms with Crippen LogP contribution in [0.5, 0.6) is 5.75 Å². The Morgan fingerprint density at radius 1 is 1.23 bits per heavy atom. The molecule has 0 saturated heterocycles. The van der Waals surface area contributed by atoms with Crippen molar-refractivity contribution in [2.24, 2.45) is 0 Å². The van der Waals surface area contributed by atoms with E-state index < -0.39 is 5.97 Å². The molecule has 1 aromatic heterocycles. The number of hydrogen-bond acceptors (Lipinski definition) is 3. The van der Waals surface area contributed by atoms with Crippen LogP contribution >= 0.6 is 11.6 Å². The number of halogens is 1. The van der Waals surface area contributed by atoms with E-state index in [9.17, 15) is 9.90 Å². The summed E-state index contributed by atoms with van der Waals surface area (Å²) in [7, 11) is 1.55. The third-order valence-electron chi connectivity index (χ3n) is 4.69. The second kappa shape index (κ2) is 7.34. The zero-order chi connectivity index (χ0) is 18.8. The topological polar surface area (TPSA) is 59.4 Å². The van der Waals surface area contributed by atoms with Crippen molar-refractivity contribution in [3.05, 3.63) is 58.6 Å². The average Bonchev–Trinajstić information content (AvgIpc) is 2.65. The van der Waals surface area contributed by atoms with Crippen LogP contribution in [0.3, 0.4) is 0 Å². The van der Waals surface area contributed by atoms with Gasteiger partial charge in [0.1, 0.15) is 5.75 Å². The van der Waals surface area contributed by atoms with Crippen molar-refractivity contribution in [1.82, 2.24) is 4.98 Å². The SMILES string of the molecule is CCC(C)c1ccc2nc(-c3ccc(OC)c(Cl)c3)cc(C(=O)O)c2c1. The fourth-order valence-corrected chi connectivity index (χ4v) is 3.19. The van der Waals surface area contributed by atoms with Gasteiger partial charge in [-0.1, -0.05) is 31.5 Å². The van der Waals surface area contributed by atoms with Crippen molar-refractivity contribution in [2.45, 2.75) is 26.2 Å². The van der Waals surface area contributed by atoms with Crippen molar-refractivity contribution in [3.63, 3.8) is 0 Å². The van der Waals surface area contributed by atoms with Crippen LogP contribution in [0.15, 0.2) is 42.5 Å². The minimum Gasteiger partial charge on any atom is -0.495 e. The first kappa shape index (κ1) is 18.2. The number of methoxy groups -OCH3 is 1. The van der Waals surface area contributed by atoms with Gasteiger partial charge in [-0.05, 0) is 54.3 Å². The Balaban J connectivity index is 2.20. The Morgan fingerprint density at radius 2 is 2.00 bits per heavy atom. The van der Waals surface area contributed by atoms with Crippen LogP contribution in [0, 0.1) is 0 Å². The summed E-state index contributed by atoms with van der Waals surface area (Å²) in [6.07, 6.45) is 0.990. The lowest BCUT2D eigenvalue weighted by Gasteiger charge is -2.13. The summed E-state index contributed by atoms with van der Waals surface area (Å²) in [5, 5.41) is 10.8. The number of carboxylic acid groups (broad SMARTS) is 1. The highest BCUT2D eigenvalue weighted by Crippen LogP contribution is 2.32. The molecule has 0 amide bonds. The Bertz CT molecular complexity index is 984. The fraction of sp³-hybridized carbons (Fsp3) is 0.238. The standard InChI is InChI=1S/C21H20ClNO3/c1-4-12(2)13-5-7-18-15(9-13)16(21(24)25)11-19(23-18)14-6-8-20(26-3)17(22)10-14/h5-12H,4H2,1-3H3,(H,24,25). The molecule has 0 saturated carbocycles.